The third-order valence-corrected chi connectivity index (χ3v) is 4.68. The molecule has 2 aliphatic heterocycles. The highest BCUT2D eigenvalue weighted by Crippen LogP contribution is 2.25. The summed E-state index contributed by atoms with van der Waals surface area (Å²) in [6.45, 7) is 6.02. The van der Waals surface area contributed by atoms with Crippen LogP contribution in [0, 0.1) is 0 Å². The fourth-order valence-electron chi connectivity index (χ4n) is 3.25. The molecular formula is C23H27N3O4. The molecule has 0 aromatic heterocycles. The minimum absolute atomic E-state index is 0.0593. The molecule has 2 aromatic rings. The fraction of sp³-hybridized carbons (Fsp3) is 0.348. The number of hydrogen-bond donors (Lipinski definition) is 0. The van der Waals surface area contributed by atoms with E-state index in [1.807, 2.05) is 68.4 Å². The second-order valence-electron chi connectivity index (χ2n) is 6.64. The normalized spacial score (nSPS) is 18.9. The summed E-state index contributed by atoms with van der Waals surface area (Å²) in [6, 6.07) is 17.1. The van der Waals surface area contributed by atoms with Crippen molar-refractivity contribution < 1.29 is 19.1 Å². The molecule has 30 heavy (non-hydrogen) atoms. The van der Waals surface area contributed by atoms with Crippen LogP contribution in [-0.4, -0.2) is 57.2 Å². The molecule has 0 unspecified atom stereocenters. The van der Waals surface area contributed by atoms with Crippen molar-refractivity contribution in [2.45, 2.75) is 20.0 Å². The van der Waals surface area contributed by atoms with E-state index in [0.29, 0.717) is 26.2 Å². The molecule has 2 saturated heterocycles. The SMILES string of the molecule is CC.O=C1COCCN1c1ccc(N2C[C@H](CN=Cc3ccccc3)OC2=O)cc1. The van der Waals surface area contributed by atoms with Gasteiger partial charge in [-0.3, -0.25) is 14.7 Å². The number of cyclic esters (lactones) is 1. The van der Waals surface area contributed by atoms with Crippen LogP contribution in [0.5, 0.6) is 0 Å². The van der Waals surface area contributed by atoms with Crippen molar-refractivity contribution in [3.63, 3.8) is 0 Å². The predicted molar refractivity (Wildman–Crippen MR) is 117 cm³/mol. The molecule has 0 saturated carbocycles. The van der Waals surface area contributed by atoms with Gasteiger partial charge < -0.3 is 14.4 Å². The molecule has 2 amide bonds. The van der Waals surface area contributed by atoms with E-state index in [2.05, 4.69) is 4.99 Å². The van der Waals surface area contributed by atoms with E-state index in [-0.39, 0.29) is 24.7 Å². The number of hydrogen-bond acceptors (Lipinski definition) is 5. The van der Waals surface area contributed by atoms with Gasteiger partial charge in [-0.1, -0.05) is 44.2 Å². The standard InChI is InChI=1S/C21H21N3O4.C2H6/c25-20-15-27-11-10-23(20)17-6-8-18(9-7-17)24-14-19(28-21(24)26)13-22-12-16-4-2-1-3-5-16;1-2/h1-9,12,19H,10-11,13-15H2;1-2H3/t19-;/m0./s1. The minimum Gasteiger partial charge on any atom is -0.442 e. The molecular weight excluding hydrogens is 382 g/mol. The molecule has 4 rings (SSSR count). The van der Waals surface area contributed by atoms with Gasteiger partial charge in [0.1, 0.15) is 12.7 Å². The number of nitrogens with zero attached hydrogens (tertiary/aromatic N) is 3. The van der Waals surface area contributed by atoms with Gasteiger partial charge in [0.25, 0.3) is 5.91 Å². The molecule has 0 radical (unpaired) electrons. The molecule has 7 heteroatoms. The van der Waals surface area contributed by atoms with Gasteiger partial charge in [-0.05, 0) is 29.8 Å². The van der Waals surface area contributed by atoms with E-state index in [1.54, 1.807) is 16.0 Å². The second-order valence-corrected chi connectivity index (χ2v) is 6.64. The van der Waals surface area contributed by atoms with Crippen LogP contribution in [0.25, 0.3) is 0 Å². The van der Waals surface area contributed by atoms with Crippen molar-refractivity contribution in [3.8, 4) is 0 Å². The number of amides is 2. The lowest BCUT2D eigenvalue weighted by Crippen LogP contribution is -2.41. The highest BCUT2D eigenvalue weighted by Gasteiger charge is 2.32. The van der Waals surface area contributed by atoms with Gasteiger partial charge in [0.2, 0.25) is 0 Å². The number of anilines is 2. The summed E-state index contributed by atoms with van der Waals surface area (Å²) in [5.74, 6) is -0.0593. The van der Waals surface area contributed by atoms with Gasteiger partial charge in [0.15, 0.2) is 0 Å². The third-order valence-electron chi connectivity index (χ3n) is 4.68. The van der Waals surface area contributed by atoms with Crippen molar-refractivity contribution in [1.82, 2.24) is 0 Å². The number of carbonyl (C=O) groups is 2. The smallest absolute Gasteiger partial charge is 0.414 e. The molecule has 0 bridgehead atoms. The average Bonchev–Trinajstić information content (AvgIpc) is 3.17. The van der Waals surface area contributed by atoms with E-state index in [4.69, 9.17) is 9.47 Å². The molecule has 2 heterocycles. The first-order chi connectivity index (χ1) is 14.7. The average molecular weight is 409 g/mol. The van der Waals surface area contributed by atoms with Gasteiger partial charge in [-0.15, -0.1) is 0 Å². The van der Waals surface area contributed by atoms with E-state index >= 15 is 0 Å². The van der Waals surface area contributed by atoms with Crippen LogP contribution >= 0.6 is 0 Å². The summed E-state index contributed by atoms with van der Waals surface area (Å²) in [6.07, 6.45) is 1.12. The maximum absolute atomic E-state index is 12.2. The highest BCUT2D eigenvalue weighted by molar-refractivity contribution is 5.95. The van der Waals surface area contributed by atoms with E-state index in [1.165, 1.54) is 0 Å². The third kappa shape index (κ3) is 5.24. The van der Waals surface area contributed by atoms with Crippen LogP contribution < -0.4 is 9.80 Å². The summed E-state index contributed by atoms with van der Waals surface area (Å²) in [4.78, 5) is 31.8. The minimum atomic E-state index is -0.380. The Kier molecular flexibility index (Phi) is 7.57. The summed E-state index contributed by atoms with van der Waals surface area (Å²) in [5.41, 5.74) is 2.55. The quantitative estimate of drug-likeness (QED) is 0.709. The van der Waals surface area contributed by atoms with Crippen LogP contribution in [0.1, 0.15) is 19.4 Å². The van der Waals surface area contributed by atoms with Crippen molar-refractivity contribution >= 4 is 29.6 Å². The number of benzene rings is 2. The van der Waals surface area contributed by atoms with Crippen LogP contribution in [0.4, 0.5) is 16.2 Å². The first-order valence-corrected chi connectivity index (χ1v) is 10.2. The molecule has 2 aromatic carbocycles. The zero-order valence-electron chi connectivity index (χ0n) is 17.4. The lowest BCUT2D eigenvalue weighted by Gasteiger charge is -2.27. The highest BCUT2D eigenvalue weighted by atomic mass is 16.6. The molecule has 0 N–H and O–H groups in total. The molecule has 2 fully saturated rings. The molecule has 158 valence electrons. The van der Waals surface area contributed by atoms with Gasteiger partial charge >= 0.3 is 6.09 Å². The molecule has 2 aliphatic rings. The number of rotatable bonds is 5. The Bertz CT molecular complexity index is 868. The van der Waals surface area contributed by atoms with E-state index in [9.17, 15) is 9.59 Å². The van der Waals surface area contributed by atoms with Crippen molar-refractivity contribution in [2.24, 2.45) is 4.99 Å². The Morgan fingerprint density at radius 1 is 1.00 bits per heavy atom. The lowest BCUT2D eigenvalue weighted by molar-refractivity contribution is -0.125. The maximum Gasteiger partial charge on any atom is 0.414 e. The predicted octanol–water partition coefficient (Wildman–Crippen LogP) is 3.52. The first kappa shape index (κ1) is 21.5. The van der Waals surface area contributed by atoms with Crippen LogP contribution in [0.3, 0.4) is 0 Å². The van der Waals surface area contributed by atoms with Gasteiger partial charge in [-0.2, -0.15) is 0 Å². The van der Waals surface area contributed by atoms with E-state index < -0.39 is 0 Å². The molecule has 0 spiro atoms. The van der Waals surface area contributed by atoms with Crippen LogP contribution in [0.2, 0.25) is 0 Å². The first-order valence-electron chi connectivity index (χ1n) is 10.2. The maximum atomic E-state index is 12.2. The largest absolute Gasteiger partial charge is 0.442 e. The summed E-state index contributed by atoms with van der Waals surface area (Å²) < 4.78 is 10.6. The Morgan fingerprint density at radius 2 is 1.67 bits per heavy atom. The monoisotopic (exact) mass is 409 g/mol. The summed E-state index contributed by atoms with van der Waals surface area (Å²) >= 11 is 0. The number of aliphatic imine (C=N–C) groups is 1. The van der Waals surface area contributed by atoms with E-state index in [0.717, 1.165) is 16.9 Å². The summed E-state index contributed by atoms with van der Waals surface area (Å²) in [5, 5.41) is 0. The molecule has 1 atom stereocenters. The number of ether oxygens (including phenoxy) is 2. The zero-order chi connectivity index (χ0) is 21.3. The van der Waals surface area contributed by atoms with Crippen molar-refractivity contribution in [2.75, 3.05) is 42.6 Å². The van der Waals surface area contributed by atoms with Crippen LogP contribution in [0.15, 0.2) is 59.6 Å². The number of carbonyl (C=O) groups excluding carboxylic acids is 2. The Morgan fingerprint density at radius 3 is 2.33 bits per heavy atom. The fourth-order valence-corrected chi connectivity index (χ4v) is 3.25. The summed E-state index contributed by atoms with van der Waals surface area (Å²) in [7, 11) is 0. The lowest BCUT2D eigenvalue weighted by atomic mass is 10.2. The second kappa shape index (κ2) is 10.5. The van der Waals surface area contributed by atoms with Gasteiger partial charge in [-0.25, -0.2) is 4.79 Å². The zero-order valence-corrected chi connectivity index (χ0v) is 17.4. The van der Waals surface area contributed by atoms with Gasteiger partial charge in [0.05, 0.1) is 19.7 Å². The molecule has 7 nitrogen and oxygen atoms in total. The van der Waals surface area contributed by atoms with Gasteiger partial charge in [0, 0.05) is 24.1 Å². The Balaban J connectivity index is 0.00000124. The number of morpholine rings is 1. The molecule has 0 aliphatic carbocycles. The van der Waals surface area contributed by atoms with Crippen molar-refractivity contribution in [1.29, 1.82) is 0 Å². The van der Waals surface area contributed by atoms with Crippen LogP contribution in [-0.2, 0) is 14.3 Å². The van der Waals surface area contributed by atoms with Crippen molar-refractivity contribution in [3.05, 3.63) is 60.2 Å². The Labute approximate surface area is 176 Å². The topological polar surface area (TPSA) is 71.4 Å². The Hall–Kier alpha value is -3.19.